The summed E-state index contributed by atoms with van der Waals surface area (Å²) in [7, 11) is 4.43. The highest BCUT2D eigenvalue weighted by Gasteiger charge is 2.29. The smallest absolute Gasteiger partial charge is 0.137 e. The molecule has 10 heteroatoms. The summed E-state index contributed by atoms with van der Waals surface area (Å²) in [5.41, 5.74) is 2.99. The second kappa shape index (κ2) is 12.9. The van der Waals surface area contributed by atoms with E-state index in [0.717, 1.165) is 49.2 Å². The van der Waals surface area contributed by atoms with Crippen molar-refractivity contribution in [3.8, 4) is 28.8 Å². The van der Waals surface area contributed by atoms with Gasteiger partial charge in [-0.05, 0) is 62.5 Å². The van der Waals surface area contributed by atoms with E-state index in [1.54, 1.807) is 13.3 Å². The Kier molecular flexibility index (Phi) is 9.07. The van der Waals surface area contributed by atoms with Crippen LogP contribution in [0, 0.1) is 11.3 Å². The summed E-state index contributed by atoms with van der Waals surface area (Å²) in [6.07, 6.45) is 4.90. The molecule has 2 aliphatic rings. The average Bonchev–Trinajstić information content (AvgIpc) is 3.49. The van der Waals surface area contributed by atoms with Crippen LogP contribution in [-0.2, 0) is 22.1 Å². The van der Waals surface area contributed by atoms with E-state index in [0.29, 0.717) is 53.5 Å². The highest BCUT2D eigenvalue weighted by atomic mass is 32.2. The predicted molar refractivity (Wildman–Crippen MR) is 153 cm³/mol. The Labute approximate surface area is 238 Å². The minimum absolute atomic E-state index is 0.0588. The number of aromatic nitrogens is 2. The van der Waals surface area contributed by atoms with Gasteiger partial charge in [0.1, 0.15) is 40.5 Å². The monoisotopic (exact) mass is 561 g/mol. The number of nitriles is 1. The van der Waals surface area contributed by atoms with Gasteiger partial charge in [-0.1, -0.05) is 6.07 Å². The summed E-state index contributed by atoms with van der Waals surface area (Å²) >= 11 is 0. The third-order valence-electron chi connectivity index (χ3n) is 7.43. The molecule has 0 radical (unpaired) electrons. The topological polar surface area (TPSA) is 101 Å². The van der Waals surface area contributed by atoms with E-state index in [-0.39, 0.29) is 6.10 Å². The van der Waals surface area contributed by atoms with Gasteiger partial charge in [0, 0.05) is 50.2 Å². The Morgan fingerprint density at radius 2 is 1.95 bits per heavy atom. The van der Waals surface area contributed by atoms with Gasteiger partial charge in [0.15, 0.2) is 0 Å². The number of nitrogens with zero attached hydrogens (tertiary/aromatic N) is 5. The molecule has 9 nitrogen and oxygen atoms in total. The molecule has 3 heterocycles. The Balaban J connectivity index is 1.30. The van der Waals surface area contributed by atoms with Crippen molar-refractivity contribution in [1.29, 1.82) is 5.26 Å². The van der Waals surface area contributed by atoms with E-state index >= 15 is 0 Å². The molecule has 210 valence electrons. The van der Waals surface area contributed by atoms with Crippen LogP contribution in [0.4, 0.5) is 0 Å². The van der Waals surface area contributed by atoms with Crippen LogP contribution in [-0.4, -0.2) is 83.0 Å². The fraction of sp³-hybridized carbons (Fsp3) is 0.433. The molecule has 2 unspecified atom stereocenters. The lowest BCUT2D eigenvalue weighted by atomic mass is 10.1. The Morgan fingerprint density at radius 3 is 2.67 bits per heavy atom. The summed E-state index contributed by atoms with van der Waals surface area (Å²) in [4.78, 5) is 12.1. The summed E-state index contributed by atoms with van der Waals surface area (Å²) in [5.74, 6) is 1.82. The van der Waals surface area contributed by atoms with Crippen LogP contribution in [0.5, 0.6) is 11.5 Å². The minimum Gasteiger partial charge on any atom is -0.495 e. The van der Waals surface area contributed by atoms with Crippen LogP contribution in [0.1, 0.15) is 36.2 Å². The molecule has 2 fully saturated rings. The lowest BCUT2D eigenvalue weighted by Crippen LogP contribution is -2.32. The molecule has 2 atom stereocenters. The molecule has 5 rings (SSSR count). The molecule has 0 bridgehead atoms. The van der Waals surface area contributed by atoms with E-state index in [9.17, 15) is 9.47 Å². The van der Waals surface area contributed by atoms with Gasteiger partial charge in [-0.15, -0.1) is 0 Å². The van der Waals surface area contributed by atoms with Crippen molar-refractivity contribution in [2.45, 2.75) is 42.7 Å². The van der Waals surface area contributed by atoms with Crippen LogP contribution in [0.15, 0.2) is 53.6 Å². The fourth-order valence-electron chi connectivity index (χ4n) is 5.07. The van der Waals surface area contributed by atoms with Crippen molar-refractivity contribution in [2.24, 2.45) is 0 Å². The Morgan fingerprint density at radius 1 is 1.12 bits per heavy atom. The zero-order valence-electron chi connectivity index (χ0n) is 23.2. The maximum Gasteiger partial charge on any atom is 0.137 e. The van der Waals surface area contributed by atoms with Crippen LogP contribution < -0.4 is 9.47 Å². The van der Waals surface area contributed by atoms with E-state index in [1.807, 2.05) is 46.8 Å². The highest BCUT2D eigenvalue weighted by molar-refractivity contribution is 7.82. The molecule has 0 saturated carbocycles. The van der Waals surface area contributed by atoms with E-state index < -0.39 is 11.0 Å². The van der Waals surface area contributed by atoms with Gasteiger partial charge in [-0.3, -0.25) is 0 Å². The second-order valence-corrected chi connectivity index (χ2v) is 11.8. The predicted octanol–water partition coefficient (Wildman–Crippen LogP) is 3.83. The molecule has 40 heavy (non-hydrogen) atoms. The number of likely N-dealkylation sites (N-methyl/N-ethyl adjacent to an activating group) is 1. The summed E-state index contributed by atoms with van der Waals surface area (Å²) in [6.45, 7) is 2.91. The van der Waals surface area contributed by atoms with Crippen LogP contribution in [0.3, 0.4) is 0 Å². The molecule has 0 amide bonds. The normalized spacial score (nSPS) is 18.9. The Bertz CT molecular complexity index is 1400. The first kappa shape index (κ1) is 28.2. The Hall–Kier alpha value is -3.36. The van der Waals surface area contributed by atoms with Gasteiger partial charge in [-0.25, -0.2) is 18.5 Å². The zero-order chi connectivity index (χ0) is 28.1. The van der Waals surface area contributed by atoms with Crippen molar-refractivity contribution in [2.75, 3.05) is 47.5 Å². The van der Waals surface area contributed by atoms with Gasteiger partial charge < -0.3 is 19.1 Å². The van der Waals surface area contributed by atoms with Crippen molar-refractivity contribution < 1.29 is 18.4 Å². The molecule has 2 saturated heterocycles. The van der Waals surface area contributed by atoms with Gasteiger partial charge >= 0.3 is 0 Å². The number of benzene rings is 2. The number of hydrogen-bond acceptors (Lipinski definition) is 8. The minimum atomic E-state index is -1.29. The SMILES string of the molecule is COc1cc(Cc2nccc(-c3ccc(OC4CCOCC4)c(C#N)c3)n2)ccc1S(=O)N1CCC(N(C)C)C1. The van der Waals surface area contributed by atoms with Crippen LogP contribution in [0.25, 0.3) is 11.3 Å². The zero-order valence-corrected chi connectivity index (χ0v) is 24.0. The highest BCUT2D eigenvalue weighted by Crippen LogP contribution is 2.30. The molecule has 2 aromatic carbocycles. The third kappa shape index (κ3) is 6.50. The molecule has 0 spiro atoms. The molecule has 3 aromatic rings. The number of rotatable bonds is 9. The van der Waals surface area contributed by atoms with Gasteiger partial charge in [0.25, 0.3) is 0 Å². The van der Waals surface area contributed by atoms with Crippen molar-refractivity contribution >= 4 is 11.0 Å². The van der Waals surface area contributed by atoms with Crippen molar-refractivity contribution in [1.82, 2.24) is 19.2 Å². The lowest BCUT2D eigenvalue weighted by Gasteiger charge is -2.23. The summed E-state index contributed by atoms with van der Waals surface area (Å²) in [6, 6.07) is 15.8. The maximum absolute atomic E-state index is 13.3. The lowest BCUT2D eigenvalue weighted by molar-refractivity contribution is 0.0254. The van der Waals surface area contributed by atoms with Gasteiger partial charge in [-0.2, -0.15) is 5.26 Å². The quantitative estimate of drug-likeness (QED) is 0.389. The van der Waals surface area contributed by atoms with Crippen LogP contribution >= 0.6 is 0 Å². The number of hydrogen-bond donors (Lipinski definition) is 0. The first-order valence-electron chi connectivity index (χ1n) is 13.6. The maximum atomic E-state index is 13.3. The van der Waals surface area contributed by atoms with E-state index in [2.05, 4.69) is 30.0 Å². The molecule has 0 aliphatic carbocycles. The first-order chi connectivity index (χ1) is 19.4. The first-order valence-corrected chi connectivity index (χ1v) is 14.7. The van der Waals surface area contributed by atoms with Gasteiger partial charge in [0.05, 0.1) is 36.5 Å². The molecule has 2 aliphatic heterocycles. The largest absolute Gasteiger partial charge is 0.495 e. The second-order valence-electron chi connectivity index (χ2n) is 10.3. The van der Waals surface area contributed by atoms with E-state index in [4.69, 9.17) is 19.2 Å². The van der Waals surface area contributed by atoms with E-state index in [1.165, 1.54) is 0 Å². The number of ether oxygens (including phenoxy) is 3. The van der Waals surface area contributed by atoms with Crippen LogP contribution in [0.2, 0.25) is 0 Å². The summed E-state index contributed by atoms with van der Waals surface area (Å²) < 4.78 is 32.5. The molecular weight excluding hydrogens is 526 g/mol. The van der Waals surface area contributed by atoms with Gasteiger partial charge in [0.2, 0.25) is 0 Å². The number of methoxy groups -OCH3 is 1. The standard InChI is InChI=1S/C30H35N5O4S/c1-34(2)24-9-13-35(20-24)40(36)29-7-4-21(16-28(29)37-3)17-30-32-12-8-26(33-30)22-5-6-27(23(18-22)19-31)39-25-10-14-38-15-11-25/h4-8,12,16,18,24-25H,9-11,13-15,17,20H2,1-3H3. The molecule has 1 aromatic heterocycles. The molecular formula is C30H35N5O4S. The summed E-state index contributed by atoms with van der Waals surface area (Å²) in [5, 5.41) is 9.76. The molecule has 0 N–H and O–H groups in total. The third-order valence-corrected chi connectivity index (χ3v) is 8.95. The van der Waals surface area contributed by atoms with Crippen molar-refractivity contribution in [3.63, 3.8) is 0 Å². The van der Waals surface area contributed by atoms with Crippen molar-refractivity contribution in [3.05, 3.63) is 65.6 Å². The fourth-order valence-corrected chi connectivity index (χ4v) is 6.42. The average molecular weight is 562 g/mol.